The lowest BCUT2D eigenvalue weighted by atomic mass is 10.1. The summed E-state index contributed by atoms with van der Waals surface area (Å²) in [5, 5.41) is 8.45. The van der Waals surface area contributed by atoms with Crippen LogP contribution in [-0.2, 0) is 9.47 Å². The van der Waals surface area contributed by atoms with Gasteiger partial charge in [-0.15, -0.1) is 0 Å². The van der Waals surface area contributed by atoms with E-state index in [4.69, 9.17) is 14.7 Å². The minimum Gasteiger partial charge on any atom is -0.381 e. The fraction of sp³-hybridized carbons (Fsp3) is 0.654. The van der Waals surface area contributed by atoms with Gasteiger partial charge >= 0.3 is 0 Å². The second-order valence-electron chi connectivity index (χ2n) is 8.10. The smallest absolute Gasteiger partial charge is 0.254 e. The first-order valence-corrected chi connectivity index (χ1v) is 12.0. The van der Waals surface area contributed by atoms with E-state index in [1.807, 2.05) is 0 Å². The Morgan fingerprint density at radius 2 is 1.41 bits per heavy atom. The van der Waals surface area contributed by atoms with Crippen LogP contribution in [0.15, 0.2) is 24.3 Å². The summed E-state index contributed by atoms with van der Waals surface area (Å²) in [5.41, 5.74) is 0.894. The maximum Gasteiger partial charge on any atom is 0.254 e. The van der Waals surface area contributed by atoms with Crippen LogP contribution < -0.4 is 0 Å². The Labute approximate surface area is 193 Å². The zero-order valence-corrected chi connectivity index (χ0v) is 19.7. The van der Waals surface area contributed by atoms with Crippen molar-refractivity contribution in [2.45, 2.75) is 70.6 Å². The molecule has 0 heterocycles. The van der Waals surface area contributed by atoms with Gasteiger partial charge in [0.25, 0.3) is 5.91 Å². The molecule has 0 N–H and O–H groups in total. The highest BCUT2D eigenvalue weighted by Gasteiger charge is 2.14. The number of unbranched alkanes of at least 4 members (excludes halogenated alkanes) is 8. The molecule has 0 saturated carbocycles. The molecule has 0 aromatic heterocycles. The number of amides is 1. The molecule has 0 aliphatic carbocycles. The maximum absolute atomic E-state index is 12.5. The third kappa shape index (κ3) is 13.2. The zero-order valence-electron chi connectivity index (χ0n) is 19.7. The summed E-state index contributed by atoms with van der Waals surface area (Å²) in [7, 11) is 1.77. The topological polar surface area (TPSA) is 79.6 Å². The summed E-state index contributed by atoms with van der Waals surface area (Å²) in [6.07, 6.45) is 12.2. The first-order valence-electron chi connectivity index (χ1n) is 12.0. The predicted octanol–water partition coefficient (Wildman–Crippen LogP) is 5.42. The molecule has 0 unspecified atom stereocenters. The summed E-state index contributed by atoms with van der Waals surface area (Å²) in [6, 6.07) is 9.05. The molecule has 1 aromatic rings. The van der Waals surface area contributed by atoms with Crippen molar-refractivity contribution >= 4 is 12.2 Å². The van der Waals surface area contributed by atoms with E-state index in [9.17, 15) is 9.59 Å². The number of nitriles is 1. The molecule has 0 spiro atoms. The van der Waals surface area contributed by atoms with Gasteiger partial charge in [0.15, 0.2) is 6.29 Å². The van der Waals surface area contributed by atoms with Gasteiger partial charge < -0.3 is 14.4 Å². The van der Waals surface area contributed by atoms with E-state index in [1.165, 1.54) is 25.7 Å². The predicted molar refractivity (Wildman–Crippen MR) is 127 cm³/mol. The molecule has 0 bridgehead atoms. The Kier molecular flexibility index (Phi) is 16.9. The molecule has 0 aliphatic rings. The van der Waals surface area contributed by atoms with Gasteiger partial charge in [0, 0.05) is 52.0 Å². The zero-order chi connectivity index (χ0) is 23.3. The number of carbonyl (C=O) groups is 2. The van der Waals surface area contributed by atoms with E-state index in [1.54, 1.807) is 36.2 Å². The Bertz CT molecular complexity index is 672. The van der Waals surface area contributed by atoms with E-state index >= 15 is 0 Å². The Morgan fingerprint density at radius 1 is 0.875 bits per heavy atom. The van der Waals surface area contributed by atoms with Crippen molar-refractivity contribution in [1.82, 2.24) is 4.90 Å². The second-order valence-corrected chi connectivity index (χ2v) is 8.10. The van der Waals surface area contributed by atoms with Crippen molar-refractivity contribution in [1.29, 1.82) is 5.26 Å². The summed E-state index contributed by atoms with van der Waals surface area (Å²) < 4.78 is 11.3. The normalized spacial score (nSPS) is 10.6. The van der Waals surface area contributed by atoms with Gasteiger partial charge in [0.2, 0.25) is 0 Å². The van der Waals surface area contributed by atoms with Crippen LogP contribution in [0.2, 0.25) is 0 Å². The van der Waals surface area contributed by atoms with Crippen LogP contribution in [0, 0.1) is 11.3 Å². The molecule has 1 aromatic carbocycles. The maximum atomic E-state index is 12.5. The third-order valence-electron chi connectivity index (χ3n) is 5.35. The van der Waals surface area contributed by atoms with Crippen molar-refractivity contribution in [3.8, 4) is 6.07 Å². The van der Waals surface area contributed by atoms with Gasteiger partial charge in [-0.2, -0.15) is 5.26 Å². The molecule has 6 heteroatoms. The van der Waals surface area contributed by atoms with Crippen LogP contribution in [0.25, 0.3) is 0 Å². The van der Waals surface area contributed by atoms with E-state index in [0.717, 1.165) is 71.2 Å². The van der Waals surface area contributed by atoms with Gasteiger partial charge in [-0.05, 0) is 44.6 Å². The molecule has 32 heavy (non-hydrogen) atoms. The van der Waals surface area contributed by atoms with Crippen molar-refractivity contribution in [2.75, 3.05) is 40.0 Å². The Balaban J connectivity index is 1.88. The molecule has 6 nitrogen and oxygen atoms in total. The summed E-state index contributed by atoms with van der Waals surface area (Å²) in [5.74, 6) is -0.115. The molecule has 1 amide bonds. The SMILES string of the molecule is CN(CCCCOCCCCCCCCOCCCCC#N)C(=O)c1ccccc1C=O. The van der Waals surface area contributed by atoms with E-state index in [0.29, 0.717) is 24.1 Å². The molecular weight excluding hydrogens is 404 g/mol. The average molecular weight is 445 g/mol. The van der Waals surface area contributed by atoms with Crippen LogP contribution in [0.5, 0.6) is 0 Å². The van der Waals surface area contributed by atoms with Gasteiger partial charge in [-0.25, -0.2) is 0 Å². The molecule has 0 aliphatic heterocycles. The summed E-state index contributed by atoms with van der Waals surface area (Å²) >= 11 is 0. The molecule has 0 fully saturated rings. The molecule has 0 saturated heterocycles. The lowest BCUT2D eigenvalue weighted by Gasteiger charge is -2.18. The average Bonchev–Trinajstić information content (AvgIpc) is 2.82. The number of hydrogen-bond donors (Lipinski definition) is 0. The van der Waals surface area contributed by atoms with Gasteiger partial charge in [-0.1, -0.05) is 43.9 Å². The molecule has 1 rings (SSSR count). The highest BCUT2D eigenvalue weighted by molar-refractivity contribution is 6.01. The minimum atomic E-state index is -0.115. The minimum absolute atomic E-state index is 0.115. The van der Waals surface area contributed by atoms with Crippen LogP contribution in [0.1, 0.15) is 91.3 Å². The molecular formula is C26H40N2O4. The first kappa shape index (κ1) is 27.8. The third-order valence-corrected chi connectivity index (χ3v) is 5.35. The Morgan fingerprint density at radius 3 is 2.00 bits per heavy atom. The standard InChI is InChI=1S/C26H40N2O4/c1-28(26(30)25-16-8-7-15-24(25)23-29)18-10-14-22-32-20-12-5-3-2-4-11-19-31-21-13-6-9-17-27/h7-8,15-16,23H,2-6,9-14,18-22H2,1H3. The van der Waals surface area contributed by atoms with Crippen molar-refractivity contribution in [3.63, 3.8) is 0 Å². The fourth-order valence-corrected chi connectivity index (χ4v) is 3.38. The summed E-state index contributed by atoms with van der Waals surface area (Å²) in [4.78, 5) is 25.2. The molecule has 0 atom stereocenters. The highest BCUT2D eigenvalue weighted by Crippen LogP contribution is 2.10. The van der Waals surface area contributed by atoms with Gasteiger partial charge in [-0.3, -0.25) is 9.59 Å². The fourth-order valence-electron chi connectivity index (χ4n) is 3.38. The first-order chi connectivity index (χ1) is 15.7. The molecule has 0 radical (unpaired) electrons. The highest BCUT2D eigenvalue weighted by atomic mass is 16.5. The van der Waals surface area contributed by atoms with Crippen molar-refractivity contribution < 1.29 is 19.1 Å². The number of nitrogens with zero attached hydrogens (tertiary/aromatic N) is 2. The Hall–Kier alpha value is -2.23. The number of carbonyl (C=O) groups excluding carboxylic acids is 2. The molecule has 178 valence electrons. The lowest BCUT2D eigenvalue weighted by Crippen LogP contribution is -2.28. The van der Waals surface area contributed by atoms with Crippen molar-refractivity contribution in [3.05, 3.63) is 35.4 Å². The number of rotatable bonds is 20. The van der Waals surface area contributed by atoms with E-state index in [2.05, 4.69) is 6.07 Å². The van der Waals surface area contributed by atoms with Crippen LogP contribution >= 0.6 is 0 Å². The number of aldehydes is 1. The van der Waals surface area contributed by atoms with Gasteiger partial charge in [0.05, 0.1) is 11.6 Å². The summed E-state index contributed by atoms with van der Waals surface area (Å²) in [6.45, 7) is 3.78. The number of benzene rings is 1. The lowest BCUT2D eigenvalue weighted by molar-refractivity contribution is 0.0779. The number of hydrogen-bond acceptors (Lipinski definition) is 5. The largest absolute Gasteiger partial charge is 0.381 e. The van der Waals surface area contributed by atoms with Crippen molar-refractivity contribution in [2.24, 2.45) is 0 Å². The van der Waals surface area contributed by atoms with E-state index in [-0.39, 0.29) is 5.91 Å². The monoisotopic (exact) mass is 444 g/mol. The second kappa shape index (κ2) is 19.5. The van der Waals surface area contributed by atoms with Crippen LogP contribution in [-0.4, -0.2) is 57.1 Å². The van der Waals surface area contributed by atoms with E-state index < -0.39 is 0 Å². The van der Waals surface area contributed by atoms with Crippen LogP contribution in [0.3, 0.4) is 0 Å². The number of ether oxygens (including phenoxy) is 2. The van der Waals surface area contributed by atoms with Crippen LogP contribution in [0.4, 0.5) is 0 Å². The quantitative estimate of drug-likeness (QED) is 0.198. The van der Waals surface area contributed by atoms with Gasteiger partial charge in [0.1, 0.15) is 0 Å².